The second-order valence-corrected chi connectivity index (χ2v) is 6.68. The van der Waals surface area contributed by atoms with Crippen LogP contribution in [-0.2, 0) is 11.2 Å². The number of anilines is 1. The lowest BCUT2D eigenvalue weighted by Crippen LogP contribution is -2.12. The predicted molar refractivity (Wildman–Crippen MR) is 98.5 cm³/mol. The Morgan fingerprint density at radius 3 is 2.72 bits per heavy atom. The second-order valence-electron chi connectivity index (χ2n) is 5.57. The summed E-state index contributed by atoms with van der Waals surface area (Å²) >= 11 is 1.64. The van der Waals surface area contributed by atoms with Crippen LogP contribution in [0.25, 0.3) is 21.5 Å². The summed E-state index contributed by atoms with van der Waals surface area (Å²) in [4.78, 5) is 20.6. The topological polar surface area (TPSA) is 68.0 Å². The van der Waals surface area contributed by atoms with Gasteiger partial charge in [-0.1, -0.05) is 12.1 Å². The third-order valence-corrected chi connectivity index (χ3v) is 4.89. The number of aromatic nitrogens is 2. The van der Waals surface area contributed by atoms with Crippen LogP contribution in [0.4, 0.5) is 5.69 Å². The van der Waals surface area contributed by atoms with E-state index in [-0.39, 0.29) is 5.91 Å². The number of amides is 1. The standard InChI is InChI=1S/C19H15N3O2S/c23-18(9-10-19-22-15-3-1-2-4-17(15)25-19)21-14-7-5-13(6-8-14)16-11-20-12-24-16/h1-8,11-12H,9-10H2,(H,21,23). The van der Waals surface area contributed by atoms with Crippen molar-refractivity contribution >= 4 is 33.1 Å². The molecule has 0 bridgehead atoms. The highest BCUT2D eigenvalue weighted by Gasteiger charge is 2.08. The first-order valence-electron chi connectivity index (χ1n) is 7.91. The molecule has 5 nitrogen and oxygen atoms in total. The van der Waals surface area contributed by atoms with E-state index < -0.39 is 0 Å². The van der Waals surface area contributed by atoms with Crippen LogP contribution in [0.5, 0.6) is 0 Å². The summed E-state index contributed by atoms with van der Waals surface area (Å²) in [6.07, 6.45) is 4.10. The van der Waals surface area contributed by atoms with Gasteiger partial charge in [0.2, 0.25) is 5.91 Å². The van der Waals surface area contributed by atoms with Crippen LogP contribution in [0.15, 0.2) is 65.5 Å². The molecule has 25 heavy (non-hydrogen) atoms. The molecule has 0 saturated carbocycles. The zero-order valence-corrected chi connectivity index (χ0v) is 14.1. The van der Waals surface area contributed by atoms with Crippen molar-refractivity contribution in [3.63, 3.8) is 0 Å². The lowest BCUT2D eigenvalue weighted by atomic mass is 10.1. The monoisotopic (exact) mass is 349 g/mol. The number of nitrogens with zero attached hydrogens (tertiary/aromatic N) is 2. The number of rotatable bonds is 5. The summed E-state index contributed by atoms with van der Waals surface area (Å²) in [7, 11) is 0. The van der Waals surface area contributed by atoms with E-state index in [4.69, 9.17) is 4.42 Å². The molecule has 4 aromatic rings. The maximum absolute atomic E-state index is 12.2. The van der Waals surface area contributed by atoms with Crippen LogP contribution in [0.2, 0.25) is 0 Å². The molecule has 4 rings (SSSR count). The summed E-state index contributed by atoms with van der Waals surface area (Å²) in [5.74, 6) is 0.681. The van der Waals surface area contributed by atoms with Crippen LogP contribution in [0.3, 0.4) is 0 Å². The van der Waals surface area contributed by atoms with E-state index in [9.17, 15) is 4.79 Å². The first-order valence-corrected chi connectivity index (χ1v) is 8.73. The SMILES string of the molecule is O=C(CCc1nc2ccccc2s1)Nc1ccc(-c2cnco2)cc1. The van der Waals surface area contributed by atoms with E-state index in [1.54, 1.807) is 17.5 Å². The number of benzene rings is 2. The number of hydrogen-bond donors (Lipinski definition) is 1. The van der Waals surface area contributed by atoms with Crippen LogP contribution < -0.4 is 5.32 Å². The lowest BCUT2D eigenvalue weighted by molar-refractivity contribution is -0.116. The number of fused-ring (bicyclic) bond motifs is 1. The van der Waals surface area contributed by atoms with Crippen molar-refractivity contribution in [1.29, 1.82) is 0 Å². The lowest BCUT2D eigenvalue weighted by Gasteiger charge is -2.05. The van der Waals surface area contributed by atoms with Crippen LogP contribution in [0, 0.1) is 0 Å². The van der Waals surface area contributed by atoms with Crippen molar-refractivity contribution in [3.8, 4) is 11.3 Å². The molecule has 0 spiro atoms. The molecule has 0 saturated heterocycles. The Kier molecular flexibility index (Phi) is 4.26. The Balaban J connectivity index is 1.35. The molecule has 0 aliphatic heterocycles. The predicted octanol–water partition coefficient (Wildman–Crippen LogP) is 4.52. The van der Waals surface area contributed by atoms with Gasteiger partial charge in [0.05, 0.1) is 21.4 Å². The number of para-hydroxylation sites is 1. The van der Waals surface area contributed by atoms with Gasteiger partial charge in [-0.15, -0.1) is 11.3 Å². The number of oxazole rings is 1. The maximum atomic E-state index is 12.2. The van der Waals surface area contributed by atoms with E-state index in [0.29, 0.717) is 18.6 Å². The van der Waals surface area contributed by atoms with Crippen molar-refractivity contribution in [2.24, 2.45) is 0 Å². The highest BCUT2D eigenvalue weighted by molar-refractivity contribution is 7.18. The number of aryl methyl sites for hydroxylation is 1. The molecule has 6 heteroatoms. The molecule has 0 atom stereocenters. The van der Waals surface area contributed by atoms with E-state index >= 15 is 0 Å². The fourth-order valence-electron chi connectivity index (χ4n) is 2.55. The molecule has 0 aliphatic rings. The third kappa shape index (κ3) is 3.59. The van der Waals surface area contributed by atoms with Crippen molar-refractivity contribution in [3.05, 3.63) is 66.1 Å². The van der Waals surface area contributed by atoms with Crippen molar-refractivity contribution in [1.82, 2.24) is 9.97 Å². The number of thiazole rings is 1. The van der Waals surface area contributed by atoms with Gasteiger partial charge in [-0.05, 0) is 36.4 Å². The van der Waals surface area contributed by atoms with Gasteiger partial charge < -0.3 is 9.73 Å². The Morgan fingerprint density at radius 2 is 1.96 bits per heavy atom. The molecule has 0 unspecified atom stereocenters. The van der Waals surface area contributed by atoms with Gasteiger partial charge in [-0.3, -0.25) is 4.79 Å². The summed E-state index contributed by atoms with van der Waals surface area (Å²) in [5, 5.41) is 3.89. The summed E-state index contributed by atoms with van der Waals surface area (Å²) in [6.45, 7) is 0. The molecule has 2 heterocycles. The largest absolute Gasteiger partial charge is 0.444 e. The van der Waals surface area contributed by atoms with Gasteiger partial charge in [-0.2, -0.15) is 0 Å². The molecule has 0 radical (unpaired) electrons. The molecule has 1 amide bonds. The average Bonchev–Trinajstić information content (AvgIpc) is 3.30. The first-order chi connectivity index (χ1) is 12.3. The van der Waals surface area contributed by atoms with E-state index in [1.165, 1.54) is 6.39 Å². The Bertz CT molecular complexity index is 958. The third-order valence-electron chi connectivity index (χ3n) is 3.79. The number of carbonyl (C=O) groups is 1. The van der Waals surface area contributed by atoms with Gasteiger partial charge >= 0.3 is 0 Å². The molecule has 124 valence electrons. The van der Waals surface area contributed by atoms with Crippen LogP contribution >= 0.6 is 11.3 Å². The highest BCUT2D eigenvalue weighted by Crippen LogP contribution is 2.23. The average molecular weight is 349 g/mol. The second kappa shape index (κ2) is 6.86. The van der Waals surface area contributed by atoms with Gasteiger partial charge in [0.25, 0.3) is 0 Å². The quantitative estimate of drug-likeness (QED) is 0.575. The number of nitrogens with one attached hydrogen (secondary N) is 1. The van der Waals surface area contributed by atoms with Gasteiger partial charge in [-0.25, -0.2) is 9.97 Å². The fourth-order valence-corrected chi connectivity index (χ4v) is 3.51. The molecule has 2 aromatic carbocycles. The minimum Gasteiger partial charge on any atom is -0.444 e. The fraction of sp³-hybridized carbons (Fsp3) is 0.105. The molecular formula is C19H15N3O2S. The van der Waals surface area contributed by atoms with Gasteiger partial charge in [0, 0.05) is 24.1 Å². The zero-order chi connectivity index (χ0) is 17.1. The van der Waals surface area contributed by atoms with E-state index in [0.717, 1.165) is 26.5 Å². The van der Waals surface area contributed by atoms with Crippen molar-refractivity contribution in [2.45, 2.75) is 12.8 Å². The molecule has 2 aromatic heterocycles. The summed E-state index contributed by atoms with van der Waals surface area (Å²) in [5.41, 5.74) is 2.67. The Hall–Kier alpha value is -2.99. The zero-order valence-electron chi connectivity index (χ0n) is 13.3. The minimum absolute atomic E-state index is 0.0216. The summed E-state index contributed by atoms with van der Waals surface area (Å²) in [6, 6.07) is 15.5. The molecule has 0 fully saturated rings. The normalized spacial score (nSPS) is 10.9. The van der Waals surface area contributed by atoms with Crippen molar-refractivity contribution < 1.29 is 9.21 Å². The highest BCUT2D eigenvalue weighted by atomic mass is 32.1. The number of carbonyl (C=O) groups excluding carboxylic acids is 1. The van der Waals surface area contributed by atoms with Crippen LogP contribution in [-0.4, -0.2) is 15.9 Å². The Morgan fingerprint density at radius 1 is 1.12 bits per heavy atom. The maximum Gasteiger partial charge on any atom is 0.224 e. The molecule has 0 aliphatic carbocycles. The number of hydrogen-bond acceptors (Lipinski definition) is 5. The van der Waals surface area contributed by atoms with Crippen LogP contribution in [0.1, 0.15) is 11.4 Å². The first kappa shape index (κ1) is 15.5. The van der Waals surface area contributed by atoms with Gasteiger partial charge in [0.15, 0.2) is 12.2 Å². The molecular weight excluding hydrogens is 334 g/mol. The molecule has 1 N–H and O–H groups in total. The van der Waals surface area contributed by atoms with E-state index in [1.807, 2.05) is 48.5 Å². The van der Waals surface area contributed by atoms with Gasteiger partial charge in [0.1, 0.15) is 0 Å². The Labute approximate surface area is 148 Å². The summed E-state index contributed by atoms with van der Waals surface area (Å²) < 4.78 is 6.40. The smallest absolute Gasteiger partial charge is 0.224 e. The minimum atomic E-state index is -0.0216. The van der Waals surface area contributed by atoms with E-state index in [2.05, 4.69) is 15.3 Å². The van der Waals surface area contributed by atoms with Crippen molar-refractivity contribution in [2.75, 3.05) is 5.32 Å².